The van der Waals surface area contributed by atoms with Crippen LogP contribution in [0.15, 0.2) is 84.1 Å². The first-order valence-electron chi connectivity index (χ1n) is 22.8. The fourth-order valence-corrected chi connectivity index (χ4v) is 11.3. The van der Waals surface area contributed by atoms with Crippen LogP contribution in [0.3, 0.4) is 0 Å². The molecule has 2 saturated heterocycles. The van der Waals surface area contributed by atoms with E-state index in [1.807, 2.05) is 6.07 Å². The molecule has 344 valence electrons. The molecule has 0 radical (unpaired) electrons. The smallest absolute Gasteiger partial charge is 0.388 e. The largest absolute Gasteiger partial charge is 0.455 e. The van der Waals surface area contributed by atoms with Gasteiger partial charge in [0, 0.05) is 61.6 Å². The van der Waals surface area contributed by atoms with E-state index < -0.39 is 37.3 Å². The second-order valence-electron chi connectivity index (χ2n) is 19.1. The Balaban J connectivity index is 0.898. The van der Waals surface area contributed by atoms with Crippen molar-refractivity contribution in [1.82, 2.24) is 24.6 Å². The van der Waals surface area contributed by atoms with Gasteiger partial charge >= 0.3 is 15.8 Å². The lowest BCUT2D eigenvalue weighted by Crippen LogP contribution is -2.58. The van der Waals surface area contributed by atoms with Crippen LogP contribution < -0.4 is 19.7 Å². The number of hydrogen-bond acceptors (Lipinski definition) is 13. The van der Waals surface area contributed by atoms with Crippen LogP contribution in [0, 0.1) is 21.4 Å². The summed E-state index contributed by atoms with van der Waals surface area (Å²) in [5, 5.41) is 25.6. The Hall–Kier alpha value is -5.62. The maximum atomic E-state index is 14.0. The highest BCUT2D eigenvalue weighted by molar-refractivity contribution is 7.90. The van der Waals surface area contributed by atoms with E-state index in [1.54, 1.807) is 37.4 Å². The SMILES string of the molecule is CC(C)c1ccccc1[C@@H]1COCCN1C1CC2(CCN(c3ccc(C(=O)NS(=O)(=O)c4ccc(NC[C@H]5CC[C@](C)(O)CC5)c([N+](=O)[O-])n4)c(Oc4cnc5[nH]ccc5c4)c3)CC2)C1. The van der Waals surface area contributed by atoms with Gasteiger partial charge in [-0.3, -0.25) is 9.69 Å². The normalized spacial score (nSPS) is 22.8. The van der Waals surface area contributed by atoms with Crippen LogP contribution in [-0.2, 0) is 14.8 Å². The van der Waals surface area contributed by atoms with Gasteiger partial charge in [-0.15, -0.1) is 0 Å². The van der Waals surface area contributed by atoms with E-state index in [4.69, 9.17) is 9.47 Å². The zero-order valence-electron chi connectivity index (χ0n) is 37.2. The average Bonchev–Trinajstić information content (AvgIpc) is 3.76. The number of H-pyrrole nitrogens is 1. The number of piperidine rings is 1. The molecule has 4 fully saturated rings. The van der Waals surface area contributed by atoms with Crippen molar-refractivity contribution >= 4 is 44.2 Å². The molecule has 0 bridgehead atoms. The van der Waals surface area contributed by atoms with E-state index in [1.165, 1.54) is 23.4 Å². The first-order valence-corrected chi connectivity index (χ1v) is 24.3. The van der Waals surface area contributed by atoms with Gasteiger partial charge in [-0.25, -0.2) is 9.71 Å². The van der Waals surface area contributed by atoms with Gasteiger partial charge in [-0.2, -0.15) is 8.42 Å². The van der Waals surface area contributed by atoms with Crippen molar-refractivity contribution in [3.05, 3.63) is 106 Å². The molecule has 9 rings (SSSR count). The number of anilines is 2. The van der Waals surface area contributed by atoms with Crippen molar-refractivity contribution in [3.8, 4) is 11.5 Å². The second-order valence-corrected chi connectivity index (χ2v) is 20.7. The van der Waals surface area contributed by atoms with E-state index in [9.17, 15) is 28.4 Å². The number of benzene rings is 2. The molecule has 3 aromatic heterocycles. The number of aromatic nitrogens is 3. The molecule has 4 aliphatic rings. The van der Waals surface area contributed by atoms with E-state index in [-0.39, 0.29) is 34.4 Å². The highest BCUT2D eigenvalue weighted by Crippen LogP contribution is 2.53. The third-order valence-corrected chi connectivity index (χ3v) is 15.5. The molecule has 2 aromatic carbocycles. The number of pyridine rings is 2. The Kier molecular flexibility index (Phi) is 12.3. The van der Waals surface area contributed by atoms with Gasteiger partial charge in [-0.1, -0.05) is 38.1 Å². The first-order chi connectivity index (χ1) is 31.2. The van der Waals surface area contributed by atoms with Gasteiger partial charge in [0.05, 0.1) is 36.6 Å². The number of nitrogens with one attached hydrogen (secondary N) is 3. The van der Waals surface area contributed by atoms with Crippen molar-refractivity contribution < 1.29 is 32.7 Å². The van der Waals surface area contributed by atoms with Crippen LogP contribution in [0.2, 0.25) is 0 Å². The molecule has 0 unspecified atom stereocenters. The molecule has 65 heavy (non-hydrogen) atoms. The molecule has 5 aromatic rings. The van der Waals surface area contributed by atoms with Crippen LogP contribution >= 0.6 is 0 Å². The van der Waals surface area contributed by atoms with E-state index in [0.29, 0.717) is 49.3 Å². The van der Waals surface area contributed by atoms with Crippen LogP contribution in [0.25, 0.3) is 11.0 Å². The molecule has 4 N–H and O–H groups in total. The molecular formula is C48H58N8O8S. The van der Waals surface area contributed by atoms with E-state index >= 15 is 0 Å². The van der Waals surface area contributed by atoms with Gasteiger partial charge in [0.2, 0.25) is 0 Å². The van der Waals surface area contributed by atoms with Gasteiger partial charge in [0.15, 0.2) is 0 Å². The van der Waals surface area contributed by atoms with Crippen LogP contribution in [0.4, 0.5) is 17.2 Å². The Labute approximate surface area is 379 Å². The zero-order chi connectivity index (χ0) is 45.5. The number of nitro groups is 1. The minimum absolute atomic E-state index is 0.0554. The molecule has 1 atom stereocenters. The van der Waals surface area contributed by atoms with Crippen molar-refractivity contribution in [1.29, 1.82) is 0 Å². The van der Waals surface area contributed by atoms with E-state index in [0.717, 1.165) is 81.9 Å². The van der Waals surface area contributed by atoms with E-state index in [2.05, 4.69) is 72.9 Å². The number of rotatable bonds is 13. The minimum atomic E-state index is -4.68. The van der Waals surface area contributed by atoms with Crippen molar-refractivity contribution in [2.24, 2.45) is 11.3 Å². The Morgan fingerprint density at radius 2 is 1.82 bits per heavy atom. The first kappa shape index (κ1) is 44.6. The maximum absolute atomic E-state index is 14.0. The number of hydrogen-bond donors (Lipinski definition) is 4. The lowest BCUT2D eigenvalue weighted by atomic mass is 9.59. The van der Waals surface area contributed by atoms with Crippen LogP contribution in [-0.4, -0.2) is 95.2 Å². The number of amides is 1. The number of carbonyl (C=O) groups is 1. The summed E-state index contributed by atoms with van der Waals surface area (Å²) in [7, 11) is -4.68. The Morgan fingerprint density at radius 3 is 2.57 bits per heavy atom. The Morgan fingerprint density at radius 1 is 1.05 bits per heavy atom. The molecular weight excluding hydrogens is 849 g/mol. The van der Waals surface area contributed by atoms with Gasteiger partial charge in [-0.05, 0) is 127 Å². The molecule has 2 saturated carbocycles. The maximum Gasteiger partial charge on any atom is 0.388 e. The fraction of sp³-hybridized carbons (Fsp3) is 0.479. The number of carbonyl (C=O) groups excluding carboxylic acids is 1. The number of ether oxygens (including phenoxy) is 2. The summed E-state index contributed by atoms with van der Waals surface area (Å²) >= 11 is 0. The van der Waals surface area contributed by atoms with Crippen molar-refractivity contribution in [3.63, 3.8) is 0 Å². The summed E-state index contributed by atoms with van der Waals surface area (Å²) in [4.78, 5) is 41.6. The summed E-state index contributed by atoms with van der Waals surface area (Å²) in [6.45, 7) is 10.7. The Bertz CT molecular complexity index is 2660. The number of sulfonamides is 1. The molecule has 1 spiro atoms. The average molecular weight is 907 g/mol. The number of aromatic amines is 1. The predicted molar refractivity (Wildman–Crippen MR) is 247 cm³/mol. The quantitative estimate of drug-likeness (QED) is 0.0653. The topological polar surface area (TPSA) is 205 Å². The number of morpholine rings is 1. The lowest BCUT2D eigenvalue weighted by molar-refractivity contribution is -0.389. The number of aliphatic hydroxyl groups is 1. The third-order valence-electron chi connectivity index (χ3n) is 14.2. The summed E-state index contributed by atoms with van der Waals surface area (Å²) in [5.41, 5.74) is 3.79. The standard InChI is InChI=1S/C48H58N8O8S/c1-31(2)37-6-4-5-7-38(37)41-30-63-23-22-55(41)35-26-48(27-35)17-20-54(21-18-48)34-8-9-39(42(25-34)64-36-24-33-14-19-49-44(33)51-29-36)46(57)53-65(61,62)43-11-10-40(45(52-43)56(59)60)50-28-32-12-15-47(3,58)16-13-32/h4-11,14,19,24-25,29,31-32,35,41,50,58H,12-13,15-18,20-23,26-28,30H2,1-3H3,(H,49,51)(H,53,57)/t32-,41-,47-/m0/s1. The summed E-state index contributed by atoms with van der Waals surface area (Å²) in [6.07, 6.45) is 10.3. The minimum Gasteiger partial charge on any atom is -0.455 e. The monoisotopic (exact) mass is 906 g/mol. The van der Waals surface area contributed by atoms with Crippen LogP contribution in [0.5, 0.6) is 11.5 Å². The predicted octanol–water partition coefficient (Wildman–Crippen LogP) is 8.08. The highest BCUT2D eigenvalue weighted by atomic mass is 32.2. The second kappa shape index (κ2) is 18.0. The molecule has 17 heteroatoms. The molecule has 16 nitrogen and oxygen atoms in total. The summed E-state index contributed by atoms with van der Waals surface area (Å²) in [6, 6.07) is 20.7. The summed E-state index contributed by atoms with van der Waals surface area (Å²) < 4.78 is 41.8. The highest BCUT2D eigenvalue weighted by Gasteiger charge is 2.50. The fourth-order valence-electron chi connectivity index (χ4n) is 10.4. The molecule has 2 aliphatic heterocycles. The molecule has 2 aliphatic carbocycles. The van der Waals surface area contributed by atoms with Gasteiger partial charge in [0.1, 0.15) is 22.8 Å². The van der Waals surface area contributed by atoms with Gasteiger partial charge < -0.3 is 39.9 Å². The molecule has 1 amide bonds. The van der Waals surface area contributed by atoms with Crippen molar-refractivity contribution in [2.75, 3.05) is 49.6 Å². The molecule has 5 heterocycles. The summed E-state index contributed by atoms with van der Waals surface area (Å²) in [5.74, 6) is -0.586. The zero-order valence-corrected chi connectivity index (χ0v) is 38.0. The number of nitrogens with zero attached hydrogens (tertiary/aromatic N) is 5. The third kappa shape index (κ3) is 9.55. The van der Waals surface area contributed by atoms with Crippen molar-refractivity contribution in [2.45, 2.75) is 101 Å². The number of fused-ring (bicyclic) bond motifs is 1. The lowest BCUT2D eigenvalue weighted by Gasteiger charge is -2.57. The van der Waals surface area contributed by atoms with Gasteiger partial charge in [0.25, 0.3) is 10.9 Å². The van der Waals surface area contributed by atoms with Crippen LogP contribution in [0.1, 0.15) is 106 Å².